The molecule has 2 aromatic rings. The van der Waals surface area contributed by atoms with Gasteiger partial charge in [-0.2, -0.15) is 0 Å². The van der Waals surface area contributed by atoms with Crippen LogP contribution in [0.1, 0.15) is 36.2 Å². The molecule has 0 aromatic heterocycles. The number of carbonyl (C=O) groups is 2. The van der Waals surface area contributed by atoms with Crippen LogP contribution in [-0.4, -0.2) is 32.8 Å². The smallest absolute Gasteiger partial charge is 0.261 e. The molecule has 0 unspecified atom stereocenters. The molecule has 0 aliphatic carbocycles. The second kappa shape index (κ2) is 9.36. The highest BCUT2D eigenvalue weighted by atomic mass is 32.2. The zero-order chi connectivity index (χ0) is 20.7. The fourth-order valence-corrected chi connectivity index (χ4v) is 3.45. The van der Waals surface area contributed by atoms with E-state index in [-0.39, 0.29) is 22.1 Å². The minimum atomic E-state index is -3.77. The second-order valence-corrected chi connectivity index (χ2v) is 8.17. The average molecular weight is 404 g/mol. The lowest BCUT2D eigenvalue weighted by Crippen LogP contribution is -2.45. The number of aryl methyl sites for hydroxylation is 1. The number of rotatable bonds is 8. The predicted molar refractivity (Wildman–Crippen MR) is 109 cm³/mol. The van der Waals surface area contributed by atoms with E-state index in [1.54, 1.807) is 37.3 Å². The lowest BCUT2D eigenvalue weighted by atomic mass is 10.2. The summed E-state index contributed by atoms with van der Waals surface area (Å²) in [5, 5.41) is 5.31. The number of hydrogen-bond acceptors (Lipinski definition) is 4. The summed E-state index contributed by atoms with van der Waals surface area (Å²) in [6.07, 6.45) is 0.801. The Bertz CT molecular complexity index is 940. The molecule has 0 saturated heterocycles. The number of carbonyl (C=O) groups excluding carboxylic acids is 2. The van der Waals surface area contributed by atoms with Gasteiger partial charge >= 0.3 is 0 Å². The van der Waals surface area contributed by atoms with E-state index in [2.05, 4.69) is 15.4 Å². The van der Waals surface area contributed by atoms with Crippen LogP contribution in [0.15, 0.2) is 53.4 Å². The van der Waals surface area contributed by atoms with Gasteiger partial charge in [0.15, 0.2) is 0 Å². The van der Waals surface area contributed by atoms with Gasteiger partial charge in [-0.15, -0.1) is 0 Å². The van der Waals surface area contributed by atoms with E-state index in [9.17, 15) is 18.0 Å². The highest BCUT2D eigenvalue weighted by molar-refractivity contribution is 7.92. The maximum absolute atomic E-state index is 12.5. The molecule has 1 atom stereocenters. The first-order valence-electron chi connectivity index (χ1n) is 9.01. The van der Waals surface area contributed by atoms with Gasteiger partial charge in [0.25, 0.3) is 15.9 Å². The monoisotopic (exact) mass is 403 g/mol. The Balaban J connectivity index is 2.10. The van der Waals surface area contributed by atoms with Crippen molar-refractivity contribution >= 4 is 27.5 Å². The Morgan fingerprint density at radius 3 is 2.39 bits per heavy atom. The Kier molecular flexibility index (Phi) is 7.17. The molecule has 2 rings (SSSR count). The van der Waals surface area contributed by atoms with Crippen LogP contribution in [0.4, 0.5) is 5.69 Å². The second-order valence-electron chi connectivity index (χ2n) is 6.49. The largest absolute Gasteiger partial charge is 0.354 e. The van der Waals surface area contributed by atoms with Gasteiger partial charge in [-0.25, -0.2) is 8.42 Å². The standard InChI is InChI=1S/C20H25N3O4S/c1-4-12-21-19(24)15(3)22-20(25)16-6-5-7-17(13-16)23-28(26,27)18-10-8-14(2)9-11-18/h5-11,13,15,23H,4,12H2,1-3H3,(H,21,24)(H,22,25)/t15-/m1/s1. The maximum Gasteiger partial charge on any atom is 0.261 e. The van der Waals surface area contributed by atoms with Crippen molar-refractivity contribution in [3.63, 3.8) is 0 Å². The van der Waals surface area contributed by atoms with Crippen molar-refractivity contribution in [2.75, 3.05) is 11.3 Å². The van der Waals surface area contributed by atoms with Crippen LogP contribution in [0.3, 0.4) is 0 Å². The minimum absolute atomic E-state index is 0.133. The third-order valence-corrected chi connectivity index (χ3v) is 5.40. The summed E-state index contributed by atoms with van der Waals surface area (Å²) >= 11 is 0. The molecule has 0 fully saturated rings. The summed E-state index contributed by atoms with van der Waals surface area (Å²) in [6, 6.07) is 11.9. The Morgan fingerprint density at radius 1 is 1.07 bits per heavy atom. The molecule has 0 aliphatic heterocycles. The molecule has 0 bridgehead atoms. The van der Waals surface area contributed by atoms with Crippen molar-refractivity contribution < 1.29 is 18.0 Å². The van der Waals surface area contributed by atoms with E-state index >= 15 is 0 Å². The molecule has 8 heteroatoms. The van der Waals surface area contributed by atoms with E-state index in [1.807, 2.05) is 13.8 Å². The molecule has 150 valence electrons. The molecule has 0 heterocycles. The van der Waals surface area contributed by atoms with Crippen LogP contribution in [-0.2, 0) is 14.8 Å². The van der Waals surface area contributed by atoms with Crippen LogP contribution in [0.25, 0.3) is 0 Å². The molecular formula is C20H25N3O4S. The van der Waals surface area contributed by atoms with E-state index in [4.69, 9.17) is 0 Å². The molecule has 0 saturated carbocycles. The molecule has 0 spiro atoms. The van der Waals surface area contributed by atoms with Gasteiger partial charge in [0, 0.05) is 17.8 Å². The van der Waals surface area contributed by atoms with Gasteiger partial charge in [0.05, 0.1) is 4.90 Å². The van der Waals surface area contributed by atoms with E-state index in [1.165, 1.54) is 18.2 Å². The lowest BCUT2D eigenvalue weighted by Gasteiger charge is -2.14. The number of benzene rings is 2. The molecule has 2 amide bonds. The van der Waals surface area contributed by atoms with Crippen molar-refractivity contribution in [1.82, 2.24) is 10.6 Å². The molecule has 0 aliphatic rings. The van der Waals surface area contributed by atoms with Gasteiger partial charge < -0.3 is 10.6 Å². The summed E-state index contributed by atoms with van der Waals surface area (Å²) in [5.74, 6) is -0.734. The van der Waals surface area contributed by atoms with E-state index in [0.29, 0.717) is 6.54 Å². The Morgan fingerprint density at radius 2 is 1.75 bits per heavy atom. The summed E-state index contributed by atoms with van der Waals surface area (Å²) in [4.78, 5) is 24.4. The summed E-state index contributed by atoms with van der Waals surface area (Å²) in [7, 11) is -3.77. The number of hydrogen-bond donors (Lipinski definition) is 3. The summed E-state index contributed by atoms with van der Waals surface area (Å²) in [5.41, 5.74) is 1.46. The van der Waals surface area contributed by atoms with Gasteiger partial charge in [-0.05, 0) is 50.6 Å². The summed E-state index contributed by atoms with van der Waals surface area (Å²) < 4.78 is 27.5. The third-order valence-electron chi connectivity index (χ3n) is 4.00. The van der Waals surface area contributed by atoms with Gasteiger partial charge in [-0.3, -0.25) is 14.3 Å². The highest BCUT2D eigenvalue weighted by Gasteiger charge is 2.18. The average Bonchev–Trinajstić information content (AvgIpc) is 2.66. The molecule has 3 N–H and O–H groups in total. The number of amides is 2. The fraction of sp³-hybridized carbons (Fsp3) is 0.300. The lowest BCUT2D eigenvalue weighted by molar-refractivity contribution is -0.122. The fourth-order valence-electron chi connectivity index (χ4n) is 2.40. The molecular weight excluding hydrogens is 378 g/mol. The van der Waals surface area contributed by atoms with Crippen LogP contribution >= 0.6 is 0 Å². The van der Waals surface area contributed by atoms with Crippen molar-refractivity contribution in [2.45, 2.75) is 38.1 Å². The van der Waals surface area contributed by atoms with Crippen molar-refractivity contribution in [2.24, 2.45) is 0 Å². The quantitative estimate of drug-likeness (QED) is 0.630. The zero-order valence-corrected chi connectivity index (χ0v) is 17.0. The molecule has 2 aromatic carbocycles. The first-order chi connectivity index (χ1) is 13.2. The van der Waals surface area contributed by atoms with Gasteiger partial charge in [0.1, 0.15) is 6.04 Å². The van der Waals surface area contributed by atoms with E-state index in [0.717, 1.165) is 12.0 Å². The molecule has 7 nitrogen and oxygen atoms in total. The maximum atomic E-state index is 12.5. The third kappa shape index (κ3) is 5.82. The number of sulfonamides is 1. The van der Waals surface area contributed by atoms with Crippen LogP contribution < -0.4 is 15.4 Å². The van der Waals surface area contributed by atoms with Crippen LogP contribution in [0, 0.1) is 6.92 Å². The van der Waals surface area contributed by atoms with Gasteiger partial charge in [-0.1, -0.05) is 30.7 Å². The first kappa shape index (κ1) is 21.4. The van der Waals surface area contributed by atoms with Crippen molar-refractivity contribution in [3.8, 4) is 0 Å². The number of nitrogens with one attached hydrogen (secondary N) is 3. The zero-order valence-electron chi connectivity index (χ0n) is 16.2. The SMILES string of the molecule is CCCNC(=O)[C@@H](C)NC(=O)c1cccc(NS(=O)(=O)c2ccc(C)cc2)c1. The van der Waals surface area contributed by atoms with Crippen molar-refractivity contribution in [1.29, 1.82) is 0 Å². The Labute approximate surface area is 165 Å². The summed E-state index contributed by atoms with van der Waals surface area (Å²) in [6.45, 7) is 5.93. The topological polar surface area (TPSA) is 104 Å². The number of anilines is 1. The van der Waals surface area contributed by atoms with Crippen molar-refractivity contribution in [3.05, 3.63) is 59.7 Å². The van der Waals surface area contributed by atoms with Crippen LogP contribution in [0.5, 0.6) is 0 Å². The first-order valence-corrected chi connectivity index (χ1v) is 10.5. The molecule has 28 heavy (non-hydrogen) atoms. The minimum Gasteiger partial charge on any atom is -0.354 e. The normalized spacial score (nSPS) is 12.1. The van der Waals surface area contributed by atoms with Crippen LogP contribution in [0.2, 0.25) is 0 Å². The highest BCUT2D eigenvalue weighted by Crippen LogP contribution is 2.18. The predicted octanol–water partition coefficient (Wildman–Crippen LogP) is 2.44. The molecule has 0 radical (unpaired) electrons. The van der Waals surface area contributed by atoms with E-state index < -0.39 is 22.0 Å². The Hall–Kier alpha value is -2.87. The van der Waals surface area contributed by atoms with Gasteiger partial charge in [0.2, 0.25) is 5.91 Å².